The number of benzene rings is 1. The Balaban J connectivity index is 1.85. The molecule has 19 heavy (non-hydrogen) atoms. The average molecular weight is 324 g/mol. The second kappa shape index (κ2) is 5.45. The maximum Gasteiger partial charge on any atom is 0.127 e. The summed E-state index contributed by atoms with van der Waals surface area (Å²) < 4.78 is 6.95. The molecule has 3 rings (SSSR count). The topological polar surface area (TPSA) is 35.2 Å². The van der Waals surface area contributed by atoms with Crippen LogP contribution >= 0.6 is 15.9 Å². The van der Waals surface area contributed by atoms with Gasteiger partial charge in [0, 0.05) is 22.5 Å². The molecule has 1 fully saturated rings. The van der Waals surface area contributed by atoms with Gasteiger partial charge < -0.3 is 10.5 Å². The lowest BCUT2D eigenvalue weighted by Crippen LogP contribution is -2.25. The van der Waals surface area contributed by atoms with Crippen LogP contribution in [0.4, 0.5) is 0 Å². The average Bonchev–Trinajstić information content (AvgIpc) is 2.85. The molecule has 1 saturated carbocycles. The molecule has 0 aromatic heterocycles. The van der Waals surface area contributed by atoms with Crippen LogP contribution in [-0.4, -0.2) is 6.61 Å². The minimum Gasteiger partial charge on any atom is -0.493 e. The molecule has 2 aliphatic rings. The summed E-state index contributed by atoms with van der Waals surface area (Å²) in [5, 5.41) is 0. The van der Waals surface area contributed by atoms with E-state index in [9.17, 15) is 0 Å². The van der Waals surface area contributed by atoms with Crippen molar-refractivity contribution in [1.29, 1.82) is 0 Å². The van der Waals surface area contributed by atoms with Gasteiger partial charge in [-0.15, -0.1) is 0 Å². The van der Waals surface area contributed by atoms with Crippen molar-refractivity contribution in [3.05, 3.63) is 27.7 Å². The number of rotatable bonds is 2. The van der Waals surface area contributed by atoms with E-state index in [-0.39, 0.29) is 6.04 Å². The lowest BCUT2D eigenvalue weighted by atomic mass is 9.77. The van der Waals surface area contributed by atoms with Crippen LogP contribution in [0.5, 0.6) is 5.75 Å². The van der Waals surface area contributed by atoms with E-state index in [0.717, 1.165) is 29.2 Å². The van der Waals surface area contributed by atoms with Gasteiger partial charge in [-0.2, -0.15) is 0 Å². The lowest BCUT2D eigenvalue weighted by Gasteiger charge is -2.31. The highest BCUT2D eigenvalue weighted by atomic mass is 79.9. The monoisotopic (exact) mass is 323 g/mol. The van der Waals surface area contributed by atoms with E-state index < -0.39 is 0 Å². The number of ether oxygens (including phenoxy) is 1. The third-order valence-corrected chi connectivity index (χ3v) is 5.16. The largest absolute Gasteiger partial charge is 0.493 e. The Morgan fingerprint density at radius 2 is 2.00 bits per heavy atom. The molecule has 3 heteroatoms. The van der Waals surface area contributed by atoms with Gasteiger partial charge in [-0.05, 0) is 42.4 Å². The predicted molar refractivity (Wildman–Crippen MR) is 81.4 cm³/mol. The molecule has 0 spiro atoms. The Hall–Kier alpha value is -0.540. The van der Waals surface area contributed by atoms with Crippen LogP contribution in [-0.2, 0) is 6.42 Å². The van der Waals surface area contributed by atoms with Gasteiger partial charge in [0.2, 0.25) is 0 Å². The standard InChI is InChI=1S/C16H22BrNO/c1-10-2-4-11(5-3-10)15(18)14-9-13(17)8-12-6-7-19-16(12)14/h8-11,15H,2-7,18H2,1H3. The van der Waals surface area contributed by atoms with E-state index in [2.05, 4.69) is 35.0 Å². The molecular weight excluding hydrogens is 302 g/mol. The summed E-state index contributed by atoms with van der Waals surface area (Å²) in [6, 6.07) is 4.45. The molecule has 0 radical (unpaired) electrons. The Morgan fingerprint density at radius 3 is 2.74 bits per heavy atom. The van der Waals surface area contributed by atoms with E-state index >= 15 is 0 Å². The molecule has 2 nitrogen and oxygen atoms in total. The first kappa shape index (κ1) is 13.4. The highest BCUT2D eigenvalue weighted by Gasteiger charge is 2.29. The van der Waals surface area contributed by atoms with Crippen LogP contribution in [0.3, 0.4) is 0 Å². The second-order valence-corrected chi connectivity index (χ2v) is 7.04. The van der Waals surface area contributed by atoms with Crippen LogP contribution in [0, 0.1) is 11.8 Å². The van der Waals surface area contributed by atoms with Crippen molar-refractivity contribution < 1.29 is 4.74 Å². The van der Waals surface area contributed by atoms with Gasteiger partial charge in [0.25, 0.3) is 0 Å². The molecule has 0 saturated heterocycles. The molecule has 0 bridgehead atoms. The first-order valence-corrected chi connectivity index (χ1v) is 8.15. The van der Waals surface area contributed by atoms with Crippen molar-refractivity contribution in [1.82, 2.24) is 0 Å². The van der Waals surface area contributed by atoms with E-state index in [1.807, 2.05) is 0 Å². The van der Waals surface area contributed by atoms with Gasteiger partial charge in [0.15, 0.2) is 0 Å². The van der Waals surface area contributed by atoms with Crippen molar-refractivity contribution in [2.24, 2.45) is 17.6 Å². The molecule has 1 atom stereocenters. The summed E-state index contributed by atoms with van der Waals surface area (Å²) in [5.41, 5.74) is 9.08. The van der Waals surface area contributed by atoms with Gasteiger partial charge in [-0.3, -0.25) is 0 Å². The van der Waals surface area contributed by atoms with Crippen molar-refractivity contribution in [2.45, 2.75) is 45.1 Å². The Kier molecular flexibility index (Phi) is 3.86. The molecule has 1 aromatic rings. The Morgan fingerprint density at radius 1 is 1.26 bits per heavy atom. The van der Waals surface area contributed by atoms with Gasteiger partial charge in [0.05, 0.1) is 6.61 Å². The molecule has 0 amide bonds. The fraction of sp³-hybridized carbons (Fsp3) is 0.625. The van der Waals surface area contributed by atoms with Crippen LogP contribution in [0.25, 0.3) is 0 Å². The lowest BCUT2D eigenvalue weighted by molar-refractivity contribution is 0.252. The van der Waals surface area contributed by atoms with E-state index in [1.54, 1.807) is 0 Å². The minimum atomic E-state index is 0.122. The van der Waals surface area contributed by atoms with Crippen LogP contribution < -0.4 is 10.5 Å². The molecule has 2 N–H and O–H groups in total. The summed E-state index contributed by atoms with van der Waals surface area (Å²) in [6.07, 6.45) is 6.15. The number of hydrogen-bond acceptors (Lipinski definition) is 2. The van der Waals surface area contributed by atoms with Gasteiger partial charge >= 0.3 is 0 Å². The van der Waals surface area contributed by atoms with Crippen LogP contribution in [0.1, 0.15) is 49.8 Å². The van der Waals surface area contributed by atoms with E-state index in [4.69, 9.17) is 10.5 Å². The number of fused-ring (bicyclic) bond motifs is 1. The number of nitrogens with two attached hydrogens (primary N) is 1. The first-order chi connectivity index (χ1) is 9.15. The number of hydrogen-bond donors (Lipinski definition) is 1. The molecule has 1 heterocycles. The third kappa shape index (κ3) is 2.68. The maximum atomic E-state index is 6.56. The van der Waals surface area contributed by atoms with E-state index in [0.29, 0.717) is 5.92 Å². The molecular formula is C16H22BrNO. The predicted octanol–water partition coefficient (Wildman–Crippen LogP) is 4.21. The summed E-state index contributed by atoms with van der Waals surface area (Å²) in [4.78, 5) is 0. The van der Waals surface area contributed by atoms with Crippen molar-refractivity contribution in [3.8, 4) is 5.75 Å². The second-order valence-electron chi connectivity index (χ2n) is 6.13. The molecule has 104 valence electrons. The summed E-state index contributed by atoms with van der Waals surface area (Å²) in [7, 11) is 0. The highest BCUT2D eigenvalue weighted by Crippen LogP contribution is 2.42. The van der Waals surface area contributed by atoms with Crippen LogP contribution in [0.2, 0.25) is 0 Å². The van der Waals surface area contributed by atoms with Crippen molar-refractivity contribution in [2.75, 3.05) is 6.61 Å². The minimum absolute atomic E-state index is 0.122. The normalized spacial score (nSPS) is 27.7. The highest BCUT2D eigenvalue weighted by molar-refractivity contribution is 9.10. The molecule has 1 aliphatic heterocycles. The molecule has 1 unspecified atom stereocenters. The smallest absolute Gasteiger partial charge is 0.127 e. The quantitative estimate of drug-likeness (QED) is 0.884. The van der Waals surface area contributed by atoms with Gasteiger partial charge in [-0.25, -0.2) is 0 Å². The zero-order valence-electron chi connectivity index (χ0n) is 11.5. The summed E-state index contributed by atoms with van der Waals surface area (Å²) in [6.45, 7) is 3.15. The third-order valence-electron chi connectivity index (χ3n) is 4.70. The summed E-state index contributed by atoms with van der Waals surface area (Å²) in [5.74, 6) is 2.54. The zero-order valence-corrected chi connectivity index (χ0v) is 13.1. The summed E-state index contributed by atoms with van der Waals surface area (Å²) >= 11 is 3.61. The maximum absolute atomic E-state index is 6.56. The number of halogens is 1. The first-order valence-electron chi connectivity index (χ1n) is 7.36. The van der Waals surface area contributed by atoms with Crippen LogP contribution in [0.15, 0.2) is 16.6 Å². The van der Waals surface area contributed by atoms with Crippen molar-refractivity contribution in [3.63, 3.8) is 0 Å². The Labute approximate surface area is 123 Å². The fourth-order valence-corrected chi connectivity index (χ4v) is 3.97. The Bertz CT molecular complexity index is 466. The fourth-order valence-electron chi connectivity index (χ4n) is 3.44. The van der Waals surface area contributed by atoms with Crippen molar-refractivity contribution >= 4 is 15.9 Å². The van der Waals surface area contributed by atoms with Gasteiger partial charge in [-0.1, -0.05) is 35.7 Å². The van der Waals surface area contributed by atoms with E-state index in [1.165, 1.54) is 36.8 Å². The SMILES string of the molecule is CC1CCC(C(N)c2cc(Br)cc3c2OCC3)CC1. The zero-order chi connectivity index (χ0) is 13.4. The van der Waals surface area contributed by atoms with Gasteiger partial charge in [0.1, 0.15) is 5.75 Å². The molecule has 1 aliphatic carbocycles. The molecule has 1 aromatic carbocycles.